The summed E-state index contributed by atoms with van der Waals surface area (Å²) in [5, 5.41) is 0. The maximum absolute atomic E-state index is 5.07. The molecule has 2 rings (SSSR count). The first-order valence-electron chi connectivity index (χ1n) is 4.92. The highest BCUT2D eigenvalue weighted by Crippen LogP contribution is 2.18. The van der Waals surface area contributed by atoms with Crippen LogP contribution in [0.3, 0.4) is 0 Å². The Morgan fingerprint density at radius 2 is 2.07 bits per heavy atom. The van der Waals surface area contributed by atoms with Gasteiger partial charge in [-0.05, 0) is 36.3 Å². The van der Waals surface area contributed by atoms with E-state index in [1.807, 2.05) is 30.5 Å². The topological polar surface area (TPSA) is 21.6 Å². The van der Waals surface area contributed by atoms with E-state index >= 15 is 0 Å². The molecule has 1 aromatic rings. The molecule has 1 aliphatic rings. The van der Waals surface area contributed by atoms with Crippen molar-refractivity contribution in [1.82, 2.24) is 0 Å². The summed E-state index contributed by atoms with van der Waals surface area (Å²) in [4.78, 5) is 4.37. The molecule has 0 fully saturated rings. The minimum atomic E-state index is 0.857. The molecule has 1 aliphatic carbocycles. The molecule has 0 aromatic heterocycles. The van der Waals surface area contributed by atoms with Gasteiger partial charge in [-0.1, -0.05) is 18.2 Å². The minimum absolute atomic E-state index is 0.857. The molecule has 0 spiro atoms. The molecule has 76 valence electrons. The normalized spacial score (nSPS) is 14.6. The summed E-state index contributed by atoms with van der Waals surface area (Å²) in [7, 11) is 1.66. The maximum Gasteiger partial charge on any atom is 0.119 e. The third-order valence-corrected chi connectivity index (χ3v) is 2.25. The van der Waals surface area contributed by atoms with Crippen LogP contribution >= 0.6 is 0 Å². The molecular weight excluding hydrogens is 186 g/mol. The van der Waals surface area contributed by atoms with Gasteiger partial charge in [-0.15, -0.1) is 0 Å². The summed E-state index contributed by atoms with van der Waals surface area (Å²) in [6, 6.07) is 7.71. The number of nitrogens with zero attached hydrogens (tertiary/aromatic N) is 1. The van der Waals surface area contributed by atoms with Crippen LogP contribution in [0.15, 0.2) is 53.1 Å². The van der Waals surface area contributed by atoms with Crippen molar-refractivity contribution in [2.24, 2.45) is 4.99 Å². The minimum Gasteiger partial charge on any atom is -0.497 e. The van der Waals surface area contributed by atoms with E-state index < -0.39 is 0 Å². The fourth-order valence-corrected chi connectivity index (χ4v) is 1.39. The predicted octanol–water partition coefficient (Wildman–Crippen LogP) is 3.28. The van der Waals surface area contributed by atoms with Crippen LogP contribution in [0.4, 0.5) is 5.69 Å². The molecule has 15 heavy (non-hydrogen) atoms. The summed E-state index contributed by atoms with van der Waals surface area (Å²) >= 11 is 0. The number of benzene rings is 1. The van der Waals surface area contributed by atoms with E-state index in [4.69, 9.17) is 4.74 Å². The zero-order chi connectivity index (χ0) is 10.5. The Kier molecular flexibility index (Phi) is 2.98. The van der Waals surface area contributed by atoms with Gasteiger partial charge in [0.2, 0.25) is 0 Å². The van der Waals surface area contributed by atoms with Gasteiger partial charge in [-0.25, -0.2) is 0 Å². The predicted molar refractivity (Wildman–Crippen MR) is 63.0 cm³/mol. The van der Waals surface area contributed by atoms with Crippen molar-refractivity contribution >= 4 is 11.9 Å². The molecular formula is C13H13NO. The van der Waals surface area contributed by atoms with Gasteiger partial charge in [0.1, 0.15) is 5.75 Å². The second kappa shape index (κ2) is 4.60. The average Bonchev–Trinajstić information content (AvgIpc) is 2.80. The number of methoxy groups -OCH3 is 1. The first-order chi connectivity index (χ1) is 7.38. The van der Waals surface area contributed by atoms with Crippen molar-refractivity contribution < 1.29 is 4.74 Å². The molecule has 0 amide bonds. The van der Waals surface area contributed by atoms with E-state index in [-0.39, 0.29) is 0 Å². The highest BCUT2D eigenvalue weighted by Gasteiger charge is 1.95. The van der Waals surface area contributed by atoms with Crippen LogP contribution in [0, 0.1) is 0 Å². The van der Waals surface area contributed by atoms with Gasteiger partial charge >= 0.3 is 0 Å². The van der Waals surface area contributed by atoms with Crippen molar-refractivity contribution in [3.63, 3.8) is 0 Å². The highest BCUT2D eigenvalue weighted by molar-refractivity contribution is 5.82. The first-order valence-corrected chi connectivity index (χ1v) is 4.92. The van der Waals surface area contributed by atoms with Gasteiger partial charge in [0, 0.05) is 6.21 Å². The summed E-state index contributed by atoms with van der Waals surface area (Å²) < 4.78 is 5.07. The summed E-state index contributed by atoms with van der Waals surface area (Å²) in [5.74, 6) is 0.857. The Hall–Kier alpha value is -1.83. The van der Waals surface area contributed by atoms with Crippen molar-refractivity contribution in [1.29, 1.82) is 0 Å². The van der Waals surface area contributed by atoms with E-state index in [1.54, 1.807) is 7.11 Å². The number of ether oxygens (including phenoxy) is 1. The van der Waals surface area contributed by atoms with Crippen LogP contribution < -0.4 is 4.74 Å². The fraction of sp³-hybridized carbons (Fsp3) is 0.154. The quantitative estimate of drug-likeness (QED) is 0.684. The lowest BCUT2D eigenvalue weighted by Gasteiger charge is -1.98. The van der Waals surface area contributed by atoms with Gasteiger partial charge in [0.05, 0.1) is 12.8 Å². The van der Waals surface area contributed by atoms with Crippen LogP contribution in [-0.2, 0) is 0 Å². The average molecular weight is 199 g/mol. The number of hydrogen-bond acceptors (Lipinski definition) is 2. The van der Waals surface area contributed by atoms with Gasteiger partial charge in [0.15, 0.2) is 0 Å². The summed E-state index contributed by atoms with van der Waals surface area (Å²) in [5.41, 5.74) is 2.19. The van der Waals surface area contributed by atoms with Gasteiger partial charge in [-0.2, -0.15) is 0 Å². The standard InChI is InChI=1S/C13H13NO/c1-15-13-8-6-12(7-9-13)14-10-11-4-2-3-5-11/h2-4,6-10H,5H2,1H3. The van der Waals surface area contributed by atoms with Gasteiger partial charge in [0.25, 0.3) is 0 Å². The van der Waals surface area contributed by atoms with E-state index in [9.17, 15) is 0 Å². The lowest BCUT2D eigenvalue weighted by molar-refractivity contribution is 0.415. The SMILES string of the molecule is COc1ccc(N=CC2=CC=CC2)cc1. The number of aliphatic imine (C=N–C) groups is 1. The lowest BCUT2D eigenvalue weighted by atomic mass is 10.2. The molecule has 0 N–H and O–H groups in total. The van der Waals surface area contributed by atoms with Crippen LogP contribution in [0.25, 0.3) is 0 Å². The Morgan fingerprint density at radius 3 is 2.67 bits per heavy atom. The summed E-state index contributed by atoms with van der Waals surface area (Å²) in [6.07, 6.45) is 9.14. The number of hydrogen-bond donors (Lipinski definition) is 0. The molecule has 2 nitrogen and oxygen atoms in total. The Labute approximate surface area is 89.6 Å². The Morgan fingerprint density at radius 1 is 1.27 bits per heavy atom. The van der Waals surface area contributed by atoms with E-state index in [0.717, 1.165) is 17.9 Å². The molecule has 2 heteroatoms. The van der Waals surface area contributed by atoms with Crippen molar-refractivity contribution in [3.05, 3.63) is 48.1 Å². The summed E-state index contributed by atoms with van der Waals surface area (Å²) in [6.45, 7) is 0. The zero-order valence-corrected chi connectivity index (χ0v) is 8.68. The second-order valence-electron chi connectivity index (χ2n) is 3.33. The molecule has 0 saturated carbocycles. The molecule has 0 atom stereocenters. The maximum atomic E-state index is 5.07. The van der Waals surface area contributed by atoms with Gasteiger partial charge < -0.3 is 4.74 Å². The first kappa shape index (κ1) is 9.71. The number of allylic oxidation sites excluding steroid dienone is 4. The lowest BCUT2D eigenvalue weighted by Crippen LogP contribution is -1.81. The largest absolute Gasteiger partial charge is 0.497 e. The Balaban J connectivity index is 2.04. The smallest absolute Gasteiger partial charge is 0.119 e. The van der Waals surface area contributed by atoms with E-state index in [1.165, 1.54) is 5.57 Å². The van der Waals surface area contributed by atoms with Crippen molar-refractivity contribution in [3.8, 4) is 5.75 Å². The molecule has 0 heterocycles. The van der Waals surface area contributed by atoms with E-state index in [0.29, 0.717) is 0 Å². The molecule has 1 aromatic carbocycles. The van der Waals surface area contributed by atoms with Gasteiger partial charge in [-0.3, -0.25) is 4.99 Å². The monoisotopic (exact) mass is 199 g/mol. The molecule has 0 aliphatic heterocycles. The third kappa shape index (κ3) is 2.56. The van der Waals surface area contributed by atoms with Crippen molar-refractivity contribution in [2.75, 3.05) is 7.11 Å². The van der Waals surface area contributed by atoms with Crippen LogP contribution in [0.2, 0.25) is 0 Å². The van der Waals surface area contributed by atoms with Crippen LogP contribution in [0.5, 0.6) is 5.75 Å². The second-order valence-corrected chi connectivity index (χ2v) is 3.33. The molecule has 0 radical (unpaired) electrons. The van der Waals surface area contributed by atoms with Crippen molar-refractivity contribution in [2.45, 2.75) is 6.42 Å². The molecule has 0 unspecified atom stereocenters. The van der Waals surface area contributed by atoms with Crippen LogP contribution in [0.1, 0.15) is 6.42 Å². The highest BCUT2D eigenvalue weighted by atomic mass is 16.5. The fourth-order valence-electron chi connectivity index (χ4n) is 1.39. The number of rotatable bonds is 3. The third-order valence-electron chi connectivity index (χ3n) is 2.25. The van der Waals surface area contributed by atoms with E-state index in [2.05, 4.69) is 23.2 Å². The molecule has 0 bridgehead atoms. The zero-order valence-electron chi connectivity index (χ0n) is 8.68. The Bertz CT molecular complexity index is 413. The van der Waals surface area contributed by atoms with Crippen LogP contribution in [-0.4, -0.2) is 13.3 Å². The molecule has 0 saturated heterocycles.